The Bertz CT molecular complexity index is 339. The highest BCUT2D eigenvalue weighted by molar-refractivity contribution is 6.32. The van der Waals surface area contributed by atoms with E-state index in [9.17, 15) is 10.1 Å². The van der Waals surface area contributed by atoms with Gasteiger partial charge in [-0.25, -0.2) is 0 Å². The van der Waals surface area contributed by atoms with Crippen LogP contribution in [-0.4, -0.2) is 4.92 Å². The normalized spacial score (nSPS) is 12.5. The number of nitrogens with two attached hydrogens (primary N) is 1. The van der Waals surface area contributed by atoms with Crippen LogP contribution in [0, 0.1) is 10.1 Å². The average Bonchev–Trinajstić information content (AvgIpc) is 2.04. The molecule has 0 aromatic heterocycles. The van der Waals surface area contributed by atoms with Crippen molar-refractivity contribution in [3.05, 3.63) is 38.9 Å². The van der Waals surface area contributed by atoms with E-state index in [4.69, 9.17) is 17.3 Å². The predicted molar refractivity (Wildman–Crippen MR) is 50.7 cm³/mol. The first-order chi connectivity index (χ1) is 6.02. The highest BCUT2D eigenvalue weighted by Gasteiger charge is 2.13. The van der Waals surface area contributed by atoms with E-state index in [1.807, 2.05) is 0 Å². The van der Waals surface area contributed by atoms with E-state index >= 15 is 0 Å². The lowest BCUT2D eigenvalue weighted by Crippen LogP contribution is -2.05. The Hall–Kier alpha value is -1.13. The molecule has 13 heavy (non-hydrogen) atoms. The molecule has 0 aliphatic carbocycles. The van der Waals surface area contributed by atoms with Crippen molar-refractivity contribution < 1.29 is 4.92 Å². The fourth-order valence-electron chi connectivity index (χ4n) is 0.953. The minimum absolute atomic E-state index is 0.100. The molecule has 4 nitrogen and oxygen atoms in total. The fraction of sp³-hybridized carbons (Fsp3) is 0.250. The molecule has 1 rings (SSSR count). The topological polar surface area (TPSA) is 69.2 Å². The van der Waals surface area contributed by atoms with Crippen LogP contribution < -0.4 is 5.73 Å². The summed E-state index contributed by atoms with van der Waals surface area (Å²) in [6.45, 7) is 1.76. The maximum absolute atomic E-state index is 10.5. The number of halogens is 1. The lowest BCUT2D eigenvalue weighted by atomic mass is 10.1. The largest absolute Gasteiger partial charge is 0.324 e. The molecule has 0 saturated heterocycles. The van der Waals surface area contributed by atoms with Gasteiger partial charge in [0.15, 0.2) is 0 Å². The van der Waals surface area contributed by atoms with Gasteiger partial charge in [0.05, 0.1) is 4.92 Å². The van der Waals surface area contributed by atoms with Crippen LogP contribution in [0.2, 0.25) is 5.02 Å². The molecule has 0 saturated carbocycles. The Morgan fingerprint density at radius 1 is 1.62 bits per heavy atom. The number of hydrogen-bond acceptors (Lipinski definition) is 3. The van der Waals surface area contributed by atoms with Crippen molar-refractivity contribution in [2.75, 3.05) is 0 Å². The lowest BCUT2D eigenvalue weighted by Gasteiger charge is -2.04. The maximum atomic E-state index is 10.5. The summed E-state index contributed by atoms with van der Waals surface area (Å²) in [5.41, 5.74) is 6.17. The summed E-state index contributed by atoms with van der Waals surface area (Å²) in [7, 11) is 0. The number of hydrogen-bond donors (Lipinski definition) is 1. The zero-order valence-corrected chi connectivity index (χ0v) is 7.78. The molecule has 1 aromatic carbocycles. The molecule has 0 aliphatic heterocycles. The summed E-state index contributed by atoms with van der Waals surface area (Å²) in [5.74, 6) is 0. The minimum atomic E-state index is -0.520. The molecule has 0 heterocycles. The molecule has 0 aliphatic rings. The zero-order chi connectivity index (χ0) is 10.0. The Labute approximate surface area is 80.5 Å². The standard InChI is InChI=1S/C8H9ClN2O2/c1-5(10)6-2-3-7(9)8(4-6)11(12)13/h2-5H,10H2,1H3/t5-/m0/s1. The van der Waals surface area contributed by atoms with Gasteiger partial charge in [-0.1, -0.05) is 17.7 Å². The first-order valence-corrected chi connectivity index (χ1v) is 4.09. The Kier molecular flexibility index (Phi) is 2.85. The van der Waals surface area contributed by atoms with E-state index in [2.05, 4.69) is 0 Å². The number of rotatable bonds is 2. The van der Waals surface area contributed by atoms with E-state index in [-0.39, 0.29) is 16.8 Å². The first-order valence-electron chi connectivity index (χ1n) is 3.72. The monoisotopic (exact) mass is 200 g/mol. The smallest absolute Gasteiger partial charge is 0.288 e. The van der Waals surface area contributed by atoms with Gasteiger partial charge in [-0.05, 0) is 18.6 Å². The summed E-state index contributed by atoms with van der Waals surface area (Å²) in [6, 6.07) is 4.33. The predicted octanol–water partition coefficient (Wildman–Crippen LogP) is 2.27. The van der Waals surface area contributed by atoms with Gasteiger partial charge in [0.1, 0.15) is 5.02 Å². The summed E-state index contributed by atoms with van der Waals surface area (Å²) in [4.78, 5) is 9.96. The molecular formula is C8H9ClN2O2. The lowest BCUT2D eigenvalue weighted by molar-refractivity contribution is -0.384. The first kappa shape index (κ1) is 9.95. The SMILES string of the molecule is C[C@H](N)c1ccc(Cl)c([N+](=O)[O-])c1. The maximum Gasteiger partial charge on any atom is 0.288 e. The van der Waals surface area contributed by atoms with Gasteiger partial charge in [0, 0.05) is 12.1 Å². The van der Waals surface area contributed by atoms with Crippen LogP contribution in [0.25, 0.3) is 0 Å². The van der Waals surface area contributed by atoms with Gasteiger partial charge in [0.25, 0.3) is 5.69 Å². The number of benzene rings is 1. The Balaban J connectivity index is 3.19. The van der Waals surface area contributed by atoms with Crippen LogP contribution in [0.1, 0.15) is 18.5 Å². The second-order valence-electron chi connectivity index (χ2n) is 2.76. The van der Waals surface area contributed by atoms with E-state index < -0.39 is 4.92 Å². The van der Waals surface area contributed by atoms with Crippen molar-refractivity contribution in [1.82, 2.24) is 0 Å². The Morgan fingerprint density at radius 3 is 2.69 bits per heavy atom. The quantitative estimate of drug-likeness (QED) is 0.588. The third-order valence-electron chi connectivity index (χ3n) is 1.69. The zero-order valence-electron chi connectivity index (χ0n) is 7.03. The molecule has 1 aromatic rings. The van der Waals surface area contributed by atoms with Crippen molar-refractivity contribution >= 4 is 17.3 Å². The van der Waals surface area contributed by atoms with Crippen molar-refractivity contribution in [3.63, 3.8) is 0 Å². The van der Waals surface area contributed by atoms with Crippen LogP contribution in [0.15, 0.2) is 18.2 Å². The minimum Gasteiger partial charge on any atom is -0.324 e. The molecular weight excluding hydrogens is 192 g/mol. The number of nitrogens with zero attached hydrogens (tertiary/aromatic N) is 1. The van der Waals surface area contributed by atoms with E-state index in [1.165, 1.54) is 12.1 Å². The van der Waals surface area contributed by atoms with E-state index in [0.29, 0.717) is 5.56 Å². The molecule has 0 amide bonds. The molecule has 5 heteroatoms. The molecule has 0 spiro atoms. The second kappa shape index (κ2) is 3.72. The molecule has 0 fully saturated rings. The molecule has 2 N–H and O–H groups in total. The summed E-state index contributed by atoms with van der Waals surface area (Å²) in [5, 5.41) is 10.6. The van der Waals surface area contributed by atoms with Crippen LogP contribution in [0.3, 0.4) is 0 Å². The van der Waals surface area contributed by atoms with Gasteiger partial charge in [-0.15, -0.1) is 0 Å². The van der Waals surface area contributed by atoms with Gasteiger partial charge in [-0.2, -0.15) is 0 Å². The summed E-state index contributed by atoms with van der Waals surface area (Å²) in [6.07, 6.45) is 0. The van der Waals surface area contributed by atoms with Crippen molar-refractivity contribution in [3.8, 4) is 0 Å². The van der Waals surface area contributed by atoms with Gasteiger partial charge in [-0.3, -0.25) is 10.1 Å². The summed E-state index contributed by atoms with van der Waals surface area (Å²) < 4.78 is 0. The van der Waals surface area contributed by atoms with E-state index in [0.717, 1.165) is 0 Å². The van der Waals surface area contributed by atoms with Gasteiger partial charge >= 0.3 is 0 Å². The fourth-order valence-corrected chi connectivity index (χ4v) is 1.14. The van der Waals surface area contributed by atoms with Gasteiger partial charge in [0.2, 0.25) is 0 Å². The average molecular weight is 201 g/mol. The molecule has 0 radical (unpaired) electrons. The van der Waals surface area contributed by atoms with Crippen LogP contribution >= 0.6 is 11.6 Å². The van der Waals surface area contributed by atoms with E-state index in [1.54, 1.807) is 13.0 Å². The van der Waals surface area contributed by atoms with Crippen molar-refractivity contribution in [1.29, 1.82) is 0 Å². The Morgan fingerprint density at radius 2 is 2.23 bits per heavy atom. The molecule has 0 bridgehead atoms. The summed E-state index contributed by atoms with van der Waals surface area (Å²) >= 11 is 5.61. The van der Waals surface area contributed by atoms with Gasteiger partial charge < -0.3 is 5.73 Å². The van der Waals surface area contributed by atoms with Crippen molar-refractivity contribution in [2.24, 2.45) is 5.73 Å². The van der Waals surface area contributed by atoms with Crippen LogP contribution in [-0.2, 0) is 0 Å². The van der Waals surface area contributed by atoms with Crippen LogP contribution in [0.4, 0.5) is 5.69 Å². The third kappa shape index (κ3) is 2.17. The second-order valence-corrected chi connectivity index (χ2v) is 3.16. The molecule has 70 valence electrons. The number of nitro groups is 1. The molecule has 1 atom stereocenters. The highest BCUT2D eigenvalue weighted by atomic mass is 35.5. The highest BCUT2D eigenvalue weighted by Crippen LogP contribution is 2.26. The van der Waals surface area contributed by atoms with Crippen LogP contribution in [0.5, 0.6) is 0 Å². The third-order valence-corrected chi connectivity index (χ3v) is 2.01. The molecule has 0 unspecified atom stereocenters. The number of nitro benzene ring substituents is 1. The van der Waals surface area contributed by atoms with Crippen molar-refractivity contribution in [2.45, 2.75) is 13.0 Å².